The van der Waals surface area contributed by atoms with Crippen molar-refractivity contribution >= 4 is 34.9 Å². The molecule has 0 aromatic heterocycles. The maximum Gasteiger partial charge on any atom is 0.251 e. The van der Waals surface area contributed by atoms with Crippen molar-refractivity contribution in [3.8, 4) is 0 Å². The van der Waals surface area contributed by atoms with Crippen LogP contribution in [0.15, 0.2) is 48.5 Å². The highest BCUT2D eigenvalue weighted by molar-refractivity contribution is 6.30. The molecule has 0 spiro atoms. The Hall–Kier alpha value is -2.66. The molecule has 2 aromatic rings. The van der Waals surface area contributed by atoms with Crippen LogP contribution in [0, 0.1) is 0 Å². The Morgan fingerprint density at radius 3 is 2.08 bits per heavy atom. The monoisotopic (exact) mass is 344 g/mol. The highest BCUT2D eigenvalue weighted by Crippen LogP contribution is 2.11. The van der Waals surface area contributed by atoms with E-state index in [4.69, 9.17) is 11.6 Å². The van der Waals surface area contributed by atoms with Gasteiger partial charge >= 0.3 is 0 Å². The number of rotatable bonds is 6. The molecule has 0 atom stereocenters. The molecule has 0 heterocycles. The van der Waals surface area contributed by atoms with Crippen LogP contribution < -0.4 is 10.6 Å². The van der Waals surface area contributed by atoms with Crippen molar-refractivity contribution in [3.63, 3.8) is 0 Å². The van der Waals surface area contributed by atoms with Crippen LogP contribution in [0.2, 0.25) is 5.02 Å². The second-order valence-corrected chi connectivity index (χ2v) is 5.63. The van der Waals surface area contributed by atoms with Gasteiger partial charge in [-0.2, -0.15) is 0 Å². The van der Waals surface area contributed by atoms with Gasteiger partial charge in [-0.1, -0.05) is 11.6 Å². The van der Waals surface area contributed by atoms with Crippen LogP contribution in [-0.4, -0.2) is 24.1 Å². The summed E-state index contributed by atoms with van der Waals surface area (Å²) in [5, 5.41) is 5.94. The van der Waals surface area contributed by atoms with E-state index in [0.717, 1.165) is 0 Å². The van der Waals surface area contributed by atoms with Crippen LogP contribution in [0.25, 0.3) is 0 Å². The van der Waals surface area contributed by atoms with Crippen molar-refractivity contribution in [2.45, 2.75) is 13.3 Å². The topological polar surface area (TPSA) is 75.3 Å². The van der Waals surface area contributed by atoms with Crippen LogP contribution in [0.1, 0.15) is 34.1 Å². The van der Waals surface area contributed by atoms with E-state index in [1.54, 1.807) is 48.5 Å². The Morgan fingerprint density at radius 1 is 0.917 bits per heavy atom. The number of nitrogens with one attached hydrogen (secondary N) is 2. The van der Waals surface area contributed by atoms with Crippen molar-refractivity contribution in [2.24, 2.45) is 0 Å². The Morgan fingerprint density at radius 2 is 1.50 bits per heavy atom. The van der Waals surface area contributed by atoms with E-state index >= 15 is 0 Å². The van der Waals surface area contributed by atoms with Crippen LogP contribution in [0.5, 0.6) is 0 Å². The molecular weight excluding hydrogens is 328 g/mol. The molecule has 2 rings (SSSR count). The standard InChI is InChI=1S/C18H17ClN2O3/c1-12(22)13-4-8-16(9-5-13)21-17(23)10-11-20-18(24)14-2-6-15(19)7-3-14/h2-9H,10-11H2,1H3,(H,20,24)(H,21,23). The number of carbonyl (C=O) groups is 3. The molecule has 0 saturated carbocycles. The maximum atomic E-state index is 11.9. The lowest BCUT2D eigenvalue weighted by molar-refractivity contribution is -0.116. The molecule has 124 valence electrons. The van der Waals surface area contributed by atoms with Crippen LogP contribution in [0.3, 0.4) is 0 Å². The van der Waals surface area contributed by atoms with Crippen LogP contribution >= 0.6 is 11.6 Å². The third-order valence-corrected chi connectivity index (χ3v) is 3.57. The van der Waals surface area contributed by atoms with E-state index in [1.807, 2.05) is 0 Å². The molecule has 0 aliphatic rings. The first kappa shape index (κ1) is 17.7. The number of hydrogen-bond donors (Lipinski definition) is 2. The number of benzene rings is 2. The minimum absolute atomic E-state index is 0.0298. The lowest BCUT2D eigenvalue weighted by Gasteiger charge is -2.07. The van der Waals surface area contributed by atoms with Crippen molar-refractivity contribution in [3.05, 3.63) is 64.7 Å². The third-order valence-electron chi connectivity index (χ3n) is 3.32. The molecule has 2 aromatic carbocycles. The Kier molecular flexibility index (Phi) is 6.09. The van der Waals surface area contributed by atoms with Gasteiger partial charge in [-0.3, -0.25) is 14.4 Å². The summed E-state index contributed by atoms with van der Waals surface area (Å²) in [6.45, 7) is 1.70. The minimum Gasteiger partial charge on any atom is -0.352 e. The molecule has 2 N–H and O–H groups in total. The first-order valence-corrected chi connectivity index (χ1v) is 7.78. The first-order valence-electron chi connectivity index (χ1n) is 7.40. The van der Waals surface area contributed by atoms with Crippen molar-refractivity contribution in [1.82, 2.24) is 5.32 Å². The SMILES string of the molecule is CC(=O)c1ccc(NC(=O)CCNC(=O)c2ccc(Cl)cc2)cc1. The zero-order valence-corrected chi connectivity index (χ0v) is 13.9. The number of halogens is 1. The van der Waals surface area contributed by atoms with E-state index < -0.39 is 0 Å². The van der Waals surface area contributed by atoms with Gasteiger partial charge in [0.2, 0.25) is 5.91 Å². The van der Waals surface area contributed by atoms with Crippen molar-refractivity contribution in [2.75, 3.05) is 11.9 Å². The molecule has 0 aliphatic heterocycles. The molecule has 0 fully saturated rings. The summed E-state index contributed by atoms with van der Waals surface area (Å²) in [5.74, 6) is -0.509. The summed E-state index contributed by atoms with van der Waals surface area (Å²) in [6, 6.07) is 13.1. The molecule has 2 amide bonds. The Bertz CT molecular complexity index is 740. The predicted octanol–water partition coefficient (Wildman–Crippen LogP) is 3.30. The predicted molar refractivity (Wildman–Crippen MR) is 93.5 cm³/mol. The molecule has 0 radical (unpaired) electrons. The third kappa shape index (κ3) is 5.21. The lowest BCUT2D eigenvalue weighted by atomic mass is 10.1. The highest BCUT2D eigenvalue weighted by atomic mass is 35.5. The summed E-state index contributed by atoms with van der Waals surface area (Å²) >= 11 is 5.76. The Balaban J connectivity index is 1.77. The molecule has 0 unspecified atom stereocenters. The smallest absolute Gasteiger partial charge is 0.251 e. The number of Topliss-reactive ketones (excluding diaryl/α,β-unsaturated/α-hetero) is 1. The second kappa shape index (κ2) is 8.26. The van der Waals surface area contributed by atoms with Gasteiger partial charge in [0.25, 0.3) is 5.91 Å². The van der Waals surface area contributed by atoms with Gasteiger partial charge in [-0.15, -0.1) is 0 Å². The van der Waals surface area contributed by atoms with E-state index in [-0.39, 0.29) is 30.6 Å². The molecular formula is C18H17ClN2O3. The fourth-order valence-corrected chi connectivity index (χ4v) is 2.13. The summed E-state index contributed by atoms with van der Waals surface area (Å²) in [7, 11) is 0. The van der Waals surface area contributed by atoms with Gasteiger partial charge in [0.1, 0.15) is 0 Å². The largest absolute Gasteiger partial charge is 0.352 e. The Labute approximate surface area is 145 Å². The fraction of sp³-hybridized carbons (Fsp3) is 0.167. The zero-order valence-electron chi connectivity index (χ0n) is 13.1. The molecule has 0 saturated heterocycles. The molecule has 0 bridgehead atoms. The van der Waals surface area contributed by atoms with E-state index in [1.165, 1.54) is 6.92 Å². The van der Waals surface area contributed by atoms with E-state index in [0.29, 0.717) is 21.8 Å². The first-order chi connectivity index (χ1) is 11.5. The number of anilines is 1. The summed E-state index contributed by atoms with van der Waals surface area (Å²) in [5.41, 5.74) is 1.68. The second-order valence-electron chi connectivity index (χ2n) is 5.19. The van der Waals surface area contributed by atoms with Gasteiger partial charge in [-0.05, 0) is 55.5 Å². The molecule has 24 heavy (non-hydrogen) atoms. The van der Waals surface area contributed by atoms with E-state index in [2.05, 4.69) is 10.6 Å². The minimum atomic E-state index is -0.259. The number of ketones is 1. The average Bonchev–Trinajstić information content (AvgIpc) is 2.55. The maximum absolute atomic E-state index is 11.9. The number of amides is 2. The van der Waals surface area contributed by atoms with Gasteiger partial charge in [0.05, 0.1) is 0 Å². The molecule has 6 heteroatoms. The van der Waals surface area contributed by atoms with Crippen LogP contribution in [0.4, 0.5) is 5.69 Å². The average molecular weight is 345 g/mol. The number of hydrogen-bond acceptors (Lipinski definition) is 3. The fourth-order valence-electron chi connectivity index (χ4n) is 2.00. The normalized spacial score (nSPS) is 10.1. The van der Waals surface area contributed by atoms with Gasteiger partial charge in [0.15, 0.2) is 5.78 Å². The lowest BCUT2D eigenvalue weighted by Crippen LogP contribution is -2.27. The van der Waals surface area contributed by atoms with Gasteiger partial charge in [-0.25, -0.2) is 0 Å². The summed E-state index contributed by atoms with van der Waals surface area (Å²) in [4.78, 5) is 34.9. The zero-order chi connectivity index (χ0) is 17.5. The van der Waals surface area contributed by atoms with Crippen molar-refractivity contribution in [1.29, 1.82) is 0 Å². The quantitative estimate of drug-likeness (QED) is 0.789. The van der Waals surface area contributed by atoms with Crippen LogP contribution in [-0.2, 0) is 4.79 Å². The molecule has 0 aliphatic carbocycles. The summed E-state index contributed by atoms with van der Waals surface area (Å²) < 4.78 is 0. The highest BCUT2D eigenvalue weighted by Gasteiger charge is 2.07. The van der Waals surface area contributed by atoms with Gasteiger partial charge < -0.3 is 10.6 Å². The molecule has 5 nitrogen and oxygen atoms in total. The number of carbonyl (C=O) groups excluding carboxylic acids is 3. The summed E-state index contributed by atoms with van der Waals surface area (Å²) in [6.07, 6.45) is 0.147. The van der Waals surface area contributed by atoms with Gasteiger partial charge in [0, 0.05) is 34.8 Å². The van der Waals surface area contributed by atoms with E-state index in [9.17, 15) is 14.4 Å². The van der Waals surface area contributed by atoms with Crippen molar-refractivity contribution < 1.29 is 14.4 Å².